The van der Waals surface area contributed by atoms with Crippen molar-refractivity contribution in [2.45, 2.75) is 12.8 Å². The maximum Gasteiger partial charge on any atom is 0.256 e. The summed E-state index contributed by atoms with van der Waals surface area (Å²) >= 11 is 0. The van der Waals surface area contributed by atoms with Crippen LogP contribution < -0.4 is 5.32 Å². The molecule has 2 saturated heterocycles. The Morgan fingerprint density at radius 3 is 2.63 bits per heavy atom. The maximum absolute atomic E-state index is 13.6. The highest BCUT2D eigenvalue weighted by Crippen LogP contribution is 2.27. The topological polar surface area (TPSA) is 45.2 Å². The molecule has 0 saturated carbocycles. The molecule has 4 nitrogen and oxygen atoms in total. The zero-order chi connectivity index (χ0) is 13.2. The number of carbonyl (C=O) groups is 1. The van der Waals surface area contributed by atoms with E-state index < -0.39 is 5.82 Å². The molecule has 2 fully saturated rings. The number of amides is 1. The molecule has 0 radical (unpaired) electrons. The van der Waals surface area contributed by atoms with Crippen LogP contribution in [0.1, 0.15) is 23.2 Å². The summed E-state index contributed by atoms with van der Waals surface area (Å²) in [5.41, 5.74) is 0.139. The Balaban J connectivity index is 1.72. The Morgan fingerprint density at radius 1 is 1.32 bits per heavy atom. The fraction of sp³-hybridized carbons (Fsp3) is 0.571. The van der Waals surface area contributed by atoms with Crippen molar-refractivity contribution in [2.75, 3.05) is 26.2 Å². The van der Waals surface area contributed by atoms with Crippen molar-refractivity contribution in [1.82, 2.24) is 15.2 Å². The Bertz CT molecular complexity index is 466. The van der Waals surface area contributed by atoms with Crippen molar-refractivity contribution in [3.05, 3.63) is 29.8 Å². The number of fused-ring (bicyclic) bond motifs is 1. The van der Waals surface area contributed by atoms with Gasteiger partial charge in [0.25, 0.3) is 5.91 Å². The highest BCUT2D eigenvalue weighted by atomic mass is 19.1. The molecule has 2 atom stereocenters. The molecule has 0 aliphatic carbocycles. The predicted octanol–water partition coefficient (Wildman–Crippen LogP) is 1.29. The van der Waals surface area contributed by atoms with E-state index in [1.54, 1.807) is 4.90 Å². The standard InChI is InChI=1S/C14H18FN3O/c15-13-9-16-4-1-12(13)14(19)18-5-2-10-7-17-8-11(10)3-6-18/h1,4,9-11,17H,2-3,5-8H2/t10-,11+. The van der Waals surface area contributed by atoms with Gasteiger partial charge in [-0.25, -0.2) is 4.39 Å². The van der Waals surface area contributed by atoms with E-state index in [-0.39, 0.29) is 11.5 Å². The van der Waals surface area contributed by atoms with Crippen molar-refractivity contribution in [3.8, 4) is 0 Å². The van der Waals surface area contributed by atoms with E-state index in [4.69, 9.17) is 0 Å². The van der Waals surface area contributed by atoms with Gasteiger partial charge in [-0.05, 0) is 43.8 Å². The highest BCUT2D eigenvalue weighted by molar-refractivity contribution is 5.94. The van der Waals surface area contributed by atoms with Crippen molar-refractivity contribution in [1.29, 1.82) is 0 Å². The van der Waals surface area contributed by atoms with E-state index in [1.165, 1.54) is 12.3 Å². The summed E-state index contributed by atoms with van der Waals surface area (Å²) in [7, 11) is 0. The van der Waals surface area contributed by atoms with Gasteiger partial charge < -0.3 is 10.2 Å². The number of carbonyl (C=O) groups excluding carboxylic acids is 1. The highest BCUT2D eigenvalue weighted by Gasteiger charge is 2.32. The summed E-state index contributed by atoms with van der Waals surface area (Å²) in [6, 6.07) is 1.46. The zero-order valence-corrected chi connectivity index (χ0v) is 10.8. The molecule has 1 aromatic heterocycles. The van der Waals surface area contributed by atoms with Gasteiger partial charge in [-0.15, -0.1) is 0 Å². The first-order valence-electron chi connectivity index (χ1n) is 6.85. The minimum Gasteiger partial charge on any atom is -0.339 e. The number of hydrogen-bond acceptors (Lipinski definition) is 3. The molecule has 1 N–H and O–H groups in total. The molecule has 0 aromatic carbocycles. The van der Waals surface area contributed by atoms with Crippen LogP contribution in [0, 0.1) is 17.7 Å². The number of hydrogen-bond donors (Lipinski definition) is 1. The summed E-state index contributed by atoms with van der Waals surface area (Å²) in [5, 5.41) is 3.41. The van der Waals surface area contributed by atoms with Gasteiger partial charge in [0.05, 0.1) is 11.8 Å². The van der Waals surface area contributed by atoms with Gasteiger partial charge in [0.2, 0.25) is 0 Å². The number of rotatable bonds is 1. The van der Waals surface area contributed by atoms with Crippen LogP contribution in [0.5, 0.6) is 0 Å². The average molecular weight is 263 g/mol. The second kappa shape index (κ2) is 5.25. The second-order valence-electron chi connectivity index (χ2n) is 5.40. The smallest absolute Gasteiger partial charge is 0.256 e. The molecule has 1 aromatic rings. The molecule has 3 heterocycles. The van der Waals surface area contributed by atoms with Gasteiger partial charge in [-0.3, -0.25) is 9.78 Å². The van der Waals surface area contributed by atoms with Crippen LogP contribution in [0.3, 0.4) is 0 Å². The zero-order valence-electron chi connectivity index (χ0n) is 10.8. The molecule has 1 amide bonds. The van der Waals surface area contributed by atoms with Crippen molar-refractivity contribution in [3.63, 3.8) is 0 Å². The SMILES string of the molecule is O=C(c1ccncc1F)N1CC[C@@H]2CNC[C@@H]2CC1. The van der Waals surface area contributed by atoms with Gasteiger partial charge in [0.1, 0.15) is 0 Å². The van der Waals surface area contributed by atoms with Gasteiger partial charge in [-0.2, -0.15) is 0 Å². The summed E-state index contributed by atoms with van der Waals surface area (Å²) in [4.78, 5) is 17.8. The number of nitrogens with one attached hydrogen (secondary N) is 1. The minimum atomic E-state index is -0.529. The van der Waals surface area contributed by atoms with Crippen LogP contribution in [-0.2, 0) is 0 Å². The minimum absolute atomic E-state index is 0.139. The Labute approximate surface area is 112 Å². The summed E-state index contributed by atoms with van der Waals surface area (Å²) in [6.07, 6.45) is 4.59. The molecule has 102 valence electrons. The number of nitrogens with zero attached hydrogens (tertiary/aromatic N) is 2. The molecule has 2 aliphatic rings. The van der Waals surface area contributed by atoms with Crippen LogP contribution in [0.25, 0.3) is 0 Å². The first kappa shape index (κ1) is 12.5. The Kier molecular flexibility index (Phi) is 3.46. The molecule has 5 heteroatoms. The molecule has 3 rings (SSSR count). The number of halogens is 1. The second-order valence-corrected chi connectivity index (χ2v) is 5.40. The van der Waals surface area contributed by atoms with E-state index in [2.05, 4.69) is 10.3 Å². The Morgan fingerprint density at radius 2 is 2.00 bits per heavy atom. The van der Waals surface area contributed by atoms with Crippen molar-refractivity contribution < 1.29 is 9.18 Å². The molecule has 0 spiro atoms. The van der Waals surface area contributed by atoms with Crippen LogP contribution in [0.4, 0.5) is 4.39 Å². The van der Waals surface area contributed by atoms with Crippen LogP contribution >= 0.6 is 0 Å². The first-order valence-corrected chi connectivity index (χ1v) is 6.85. The van der Waals surface area contributed by atoms with E-state index in [1.807, 2.05) is 0 Å². The maximum atomic E-state index is 13.6. The molecule has 19 heavy (non-hydrogen) atoms. The van der Waals surface area contributed by atoms with Gasteiger partial charge >= 0.3 is 0 Å². The fourth-order valence-electron chi connectivity index (χ4n) is 3.14. The molecular formula is C14H18FN3O. The van der Waals surface area contributed by atoms with Crippen LogP contribution in [0.2, 0.25) is 0 Å². The number of pyridine rings is 1. The fourth-order valence-corrected chi connectivity index (χ4v) is 3.14. The summed E-state index contributed by atoms with van der Waals surface area (Å²) in [5.74, 6) is 0.603. The third kappa shape index (κ3) is 2.47. The van der Waals surface area contributed by atoms with Gasteiger partial charge in [-0.1, -0.05) is 0 Å². The van der Waals surface area contributed by atoms with Crippen molar-refractivity contribution in [2.24, 2.45) is 11.8 Å². The van der Waals surface area contributed by atoms with Crippen molar-refractivity contribution >= 4 is 5.91 Å². The number of aromatic nitrogens is 1. The number of likely N-dealkylation sites (tertiary alicyclic amines) is 1. The molecular weight excluding hydrogens is 245 g/mol. The monoisotopic (exact) mass is 263 g/mol. The lowest BCUT2D eigenvalue weighted by Gasteiger charge is -2.21. The van der Waals surface area contributed by atoms with Gasteiger partial charge in [0, 0.05) is 19.3 Å². The van der Waals surface area contributed by atoms with Crippen LogP contribution in [-0.4, -0.2) is 42.0 Å². The summed E-state index contributed by atoms with van der Waals surface area (Å²) in [6.45, 7) is 3.56. The van der Waals surface area contributed by atoms with E-state index in [0.717, 1.165) is 45.2 Å². The van der Waals surface area contributed by atoms with Gasteiger partial charge in [0.15, 0.2) is 5.82 Å². The lowest BCUT2D eigenvalue weighted by Crippen LogP contribution is -2.33. The predicted molar refractivity (Wildman–Crippen MR) is 69.2 cm³/mol. The van der Waals surface area contributed by atoms with Crippen LogP contribution in [0.15, 0.2) is 18.5 Å². The quantitative estimate of drug-likeness (QED) is 0.830. The molecule has 0 unspecified atom stereocenters. The van der Waals surface area contributed by atoms with E-state index in [0.29, 0.717) is 11.8 Å². The largest absolute Gasteiger partial charge is 0.339 e. The third-order valence-electron chi connectivity index (χ3n) is 4.31. The van der Waals surface area contributed by atoms with E-state index >= 15 is 0 Å². The first-order chi connectivity index (χ1) is 9.25. The Hall–Kier alpha value is -1.49. The third-order valence-corrected chi connectivity index (χ3v) is 4.31. The molecule has 2 aliphatic heterocycles. The molecule has 0 bridgehead atoms. The average Bonchev–Trinajstić information content (AvgIpc) is 2.78. The normalized spacial score (nSPS) is 26.9. The lowest BCUT2D eigenvalue weighted by atomic mass is 9.92. The lowest BCUT2D eigenvalue weighted by molar-refractivity contribution is 0.0753. The van der Waals surface area contributed by atoms with E-state index in [9.17, 15) is 9.18 Å². The summed E-state index contributed by atoms with van der Waals surface area (Å²) < 4.78 is 13.6.